The van der Waals surface area contributed by atoms with Crippen LogP contribution in [0.3, 0.4) is 0 Å². The highest BCUT2D eigenvalue weighted by molar-refractivity contribution is 8.00. The van der Waals surface area contributed by atoms with E-state index in [1.54, 1.807) is 6.07 Å². The fourth-order valence-electron chi connectivity index (χ4n) is 1.72. The van der Waals surface area contributed by atoms with E-state index in [-0.39, 0.29) is 0 Å². The van der Waals surface area contributed by atoms with Crippen molar-refractivity contribution in [3.8, 4) is 0 Å². The van der Waals surface area contributed by atoms with Crippen LogP contribution in [0.5, 0.6) is 0 Å². The van der Waals surface area contributed by atoms with Crippen molar-refractivity contribution in [1.29, 1.82) is 0 Å². The summed E-state index contributed by atoms with van der Waals surface area (Å²) in [5, 5.41) is 3.89. The number of hydrogen-bond donors (Lipinski definition) is 1. The van der Waals surface area contributed by atoms with Gasteiger partial charge >= 0.3 is 0 Å². The molecule has 0 spiro atoms. The topological polar surface area (TPSA) is 25.2 Å². The van der Waals surface area contributed by atoms with Gasteiger partial charge in [-0.25, -0.2) is 0 Å². The molecule has 0 unspecified atom stereocenters. The summed E-state index contributed by atoms with van der Waals surface area (Å²) in [6.45, 7) is 6.23. The minimum absolute atomic E-state index is 0.344. The number of rotatable bonds is 7. The van der Waals surface area contributed by atoms with Gasteiger partial charge in [-0.3, -0.25) is 0 Å². The first-order chi connectivity index (χ1) is 7.65. The molecule has 16 heavy (non-hydrogen) atoms. The maximum absolute atomic E-state index is 5.71. The summed E-state index contributed by atoms with van der Waals surface area (Å²) < 4.78 is 5.64. The smallest absolute Gasteiger partial charge is 0.193 e. The summed E-state index contributed by atoms with van der Waals surface area (Å²) >= 11 is 7.65. The van der Waals surface area contributed by atoms with Crippen LogP contribution in [-0.4, -0.2) is 17.5 Å². The second-order valence-electron chi connectivity index (χ2n) is 3.90. The Balaban J connectivity index is 2.39. The van der Waals surface area contributed by atoms with Crippen LogP contribution < -0.4 is 5.32 Å². The molecule has 0 aromatic carbocycles. The van der Waals surface area contributed by atoms with Crippen molar-refractivity contribution >= 4 is 23.4 Å². The number of halogens is 1. The van der Waals surface area contributed by atoms with E-state index in [0.717, 1.165) is 18.8 Å². The van der Waals surface area contributed by atoms with Gasteiger partial charge < -0.3 is 9.73 Å². The molecule has 0 saturated carbocycles. The van der Waals surface area contributed by atoms with Crippen molar-refractivity contribution in [3.63, 3.8) is 0 Å². The van der Waals surface area contributed by atoms with Crippen molar-refractivity contribution in [3.05, 3.63) is 23.1 Å². The van der Waals surface area contributed by atoms with E-state index in [9.17, 15) is 0 Å². The molecule has 92 valence electrons. The largest absolute Gasteiger partial charge is 0.448 e. The van der Waals surface area contributed by atoms with Crippen LogP contribution in [0.25, 0.3) is 0 Å². The number of thioether (sulfide) groups is 1. The number of furan rings is 1. The predicted octanol–water partition coefficient (Wildman–Crippen LogP) is 3.94. The molecular formula is C12H20ClNOS. The first-order valence-electron chi connectivity index (χ1n) is 5.66. The highest BCUT2D eigenvalue weighted by atomic mass is 35.5. The van der Waals surface area contributed by atoms with Crippen molar-refractivity contribution < 1.29 is 4.42 Å². The summed E-state index contributed by atoms with van der Waals surface area (Å²) in [5.41, 5.74) is 0. The Labute approximate surface area is 107 Å². The van der Waals surface area contributed by atoms with Crippen LogP contribution in [0.1, 0.15) is 32.4 Å². The molecule has 0 aliphatic carbocycles. The quantitative estimate of drug-likeness (QED) is 0.805. The predicted molar refractivity (Wildman–Crippen MR) is 72.3 cm³/mol. The van der Waals surface area contributed by atoms with Gasteiger partial charge in [0.2, 0.25) is 0 Å². The van der Waals surface area contributed by atoms with Crippen molar-refractivity contribution in [2.24, 2.45) is 0 Å². The Morgan fingerprint density at radius 2 is 2.06 bits per heavy atom. The standard InChI is InChI=1S/C12H20ClNOS/c1-4-12(5-2,16-3)9-14-8-10-6-7-11(13)15-10/h6-7,14H,4-5,8-9H2,1-3H3. The Hall–Kier alpha value is -0.120. The van der Waals surface area contributed by atoms with Gasteiger partial charge in [-0.2, -0.15) is 11.8 Å². The van der Waals surface area contributed by atoms with Gasteiger partial charge in [-0.15, -0.1) is 0 Å². The molecule has 0 saturated heterocycles. The van der Waals surface area contributed by atoms with Crippen molar-refractivity contribution in [2.75, 3.05) is 12.8 Å². The molecule has 0 aliphatic heterocycles. The second-order valence-corrected chi connectivity index (χ2v) is 5.55. The molecular weight excluding hydrogens is 242 g/mol. The zero-order valence-corrected chi connectivity index (χ0v) is 11.8. The molecule has 1 rings (SSSR count). The molecule has 0 bridgehead atoms. The first kappa shape index (κ1) is 13.9. The minimum atomic E-state index is 0.344. The van der Waals surface area contributed by atoms with Crippen LogP contribution >= 0.6 is 23.4 Å². The molecule has 0 aliphatic rings. The van der Waals surface area contributed by atoms with Gasteiger partial charge in [0, 0.05) is 11.3 Å². The number of hydrogen-bond acceptors (Lipinski definition) is 3. The Morgan fingerprint density at radius 1 is 1.38 bits per heavy atom. The van der Waals surface area contributed by atoms with Gasteiger partial charge in [0.1, 0.15) is 5.76 Å². The Kier molecular flexibility index (Phi) is 5.73. The molecule has 2 nitrogen and oxygen atoms in total. The van der Waals surface area contributed by atoms with E-state index in [2.05, 4.69) is 25.4 Å². The van der Waals surface area contributed by atoms with Crippen LogP contribution in [0, 0.1) is 0 Å². The highest BCUT2D eigenvalue weighted by Gasteiger charge is 2.24. The zero-order chi connectivity index (χ0) is 12.0. The molecule has 0 fully saturated rings. The first-order valence-corrected chi connectivity index (χ1v) is 7.26. The Morgan fingerprint density at radius 3 is 2.50 bits per heavy atom. The third kappa shape index (κ3) is 3.72. The maximum atomic E-state index is 5.71. The zero-order valence-electron chi connectivity index (χ0n) is 10.2. The van der Waals surface area contributed by atoms with Gasteiger partial charge in [0.25, 0.3) is 0 Å². The third-order valence-electron chi connectivity index (χ3n) is 3.10. The highest BCUT2D eigenvalue weighted by Crippen LogP contribution is 2.29. The fraction of sp³-hybridized carbons (Fsp3) is 0.667. The van der Waals surface area contributed by atoms with Gasteiger partial charge in [0.15, 0.2) is 5.22 Å². The van der Waals surface area contributed by atoms with Crippen LogP contribution in [0.4, 0.5) is 0 Å². The van der Waals surface area contributed by atoms with E-state index >= 15 is 0 Å². The van der Waals surface area contributed by atoms with E-state index < -0.39 is 0 Å². The van der Waals surface area contributed by atoms with Crippen molar-refractivity contribution in [1.82, 2.24) is 5.32 Å². The van der Waals surface area contributed by atoms with E-state index in [1.807, 2.05) is 17.8 Å². The van der Waals surface area contributed by atoms with Crippen LogP contribution in [0.2, 0.25) is 5.22 Å². The van der Waals surface area contributed by atoms with E-state index in [0.29, 0.717) is 9.97 Å². The van der Waals surface area contributed by atoms with Gasteiger partial charge in [-0.05, 0) is 42.8 Å². The average molecular weight is 262 g/mol. The van der Waals surface area contributed by atoms with Gasteiger partial charge in [-0.1, -0.05) is 13.8 Å². The third-order valence-corrected chi connectivity index (χ3v) is 4.89. The summed E-state index contributed by atoms with van der Waals surface area (Å²) in [7, 11) is 0. The van der Waals surface area contributed by atoms with Crippen molar-refractivity contribution in [2.45, 2.75) is 38.0 Å². The molecule has 1 heterocycles. The summed E-state index contributed by atoms with van der Waals surface area (Å²) in [5.74, 6) is 0.896. The second kappa shape index (κ2) is 6.58. The lowest BCUT2D eigenvalue weighted by Crippen LogP contribution is -2.36. The lowest BCUT2D eigenvalue weighted by Gasteiger charge is -2.29. The maximum Gasteiger partial charge on any atom is 0.193 e. The monoisotopic (exact) mass is 261 g/mol. The van der Waals surface area contributed by atoms with E-state index in [1.165, 1.54) is 12.8 Å². The minimum Gasteiger partial charge on any atom is -0.448 e. The lowest BCUT2D eigenvalue weighted by molar-refractivity contribution is 0.449. The normalized spacial score (nSPS) is 12.0. The molecule has 1 aromatic heterocycles. The fourth-order valence-corrected chi connectivity index (χ4v) is 2.71. The molecule has 1 aromatic rings. The average Bonchev–Trinajstić information content (AvgIpc) is 2.71. The van der Waals surface area contributed by atoms with Crippen LogP contribution in [-0.2, 0) is 6.54 Å². The summed E-state index contributed by atoms with van der Waals surface area (Å²) in [6, 6.07) is 3.69. The van der Waals surface area contributed by atoms with Gasteiger partial charge in [0.05, 0.1) is 6.54 Å². The molecule has 0 radical (unpaired) electrons. The van der Waals surface area contributed by atoms with Crippen LogP contribution in [0.15, 0.2) is 16.5 Å². The summed E-state index contributed by atoms with van der Waals surface area (Å²) in [6.07, 6.45) is 4.53. The summed E-state index contributed by atoms with van der Waals surface area (Å²) in [4.78, 5) is 0. The number of nitrogens with one attached hydrogen (secondary N) is 1. The molecule has 1 N–H and O–H groups in total. The Bertz CT molecular complexity index is 301. The molecule has 0 atom stereocenters. The SMILES string of the molecule is CCC(CC)(CNCc1ccc(Cl)o1)SC. The molecule has 0 amide bonds. The molecule has 4 heteroatoms. The van der Waals surface area contributed by atoms with E-state index in [4.69, 9.17) is 16.0 Å². The lowest BCUT2D eigenvalue weighted by atomic mass is 10.0.